The molecule has 0 aliphatic heterocycles. The topological polar surface area (TPSA) is 76.9 Å². The van der Waals surface area contributed by atoms with Gasteiger partial charge in [-0.05, 0) is 36.6 Å². The lowest BCUT2D eigenvalue weighted by Crippen LogP contribution is -2.22. The monoisotopic (exact) mass is 486 g/mol. The molecular formula is C24H21F3N4O2S. The number of carbonyl (C=O) groups is 1. The van der Waals surface area contributed by atoms with E-state index in [4.69, 9.17) is 0 Å². The molecule has 176 valence electrons. The smallest absolute Gasteiger partial charge is 0.302 e. The summed E-state index contributed by atoms with van der Waals surface area (Å²) >= 11 is 1.21. The minimum Gasteiger partial charge on any atom is -0.302 e. The zero-order valence-electron chi connectivity index (χ0n) is 18.2. The normalized spacial score (nSPS) is 11.6. The van der Waals surface area contributed by atoms with Crippen LogP contribution in [0.5, 0.6) is 0 Å². The zero-order valence-corrected chi connectivity index (χ0v) is 19.0. The number of para-hydroxylation sites is 1. The molecule has 0 saturated carbocycles. The van der Waals surface area contributed by atoms with Crippen molar-refractivity contribution in [3.8, 4) is 0 Å². The number of aromatic nitrogens is 3. The third kappa shape index (κ3) is 5.51. The fraction of sp³-hybridized carbons (Fsp3) is 0.250. The van der Waals surface area contributed by atoms with Gasteiger partial charge >= 0.3 is 6.18 Å². The van der Waals surface area contributed by atoms with Gasteiger partial charge in [-0.2, -0.15) is 13.2 Å². The van der Waals surface area contributed by atoms with Crippen molar-refractivity contribution in [3.63, 3.8) is 0 Å². The van der Waals surface area contributed by atoms with E-state index in [0.717, 1.165) is 22.6 Å². The molecule has 10 heteroatoms. The highest BCUT2D eigenvalue weighted by atomic mass is 32.1. The van der Waals surface area contributed by atoms with E-state index < -0.39 is 11.7 Å². The third-order valence-electron chi connectivity index (χ3n) is 5.29. The number of anilines is 1. The van der Waals surface area contributed by atoms with Gasteiger partial charge in [0.25, 0.3) is 5.56 Å². The molecule has 0 aliphatic rings. The molecule has 4 aromatic rings. The SMILES string of the molecule is Cc1cccc2c(=O)n(CCCC(=O)Nc3ncc(Cc4cccc(C(F)(F)F)c4)s3)cnc12. The molecule has 34 heavy (non-hydrogen) atoms. The Kier molecular flexibility index (Phi) is 6.78. The summed E-state index contributed by atoms with van der Waals surface area (Å²) in [6.45, 7) is 2.24. The summed E-state index contributed by atoms with van der Waals surface area (Å²) < 4.78 is 40.2. The molecule has 0 fully saturated rings. The van der Waals surface area contributed by atoms with E-state index in [0.29, 0.717) is 34.6 Å². The lowest BCUT2D eigenvalue weighted by Gasteiger charge is -2.08. The summed E-state index contributed by atoms with van der Waals surface area (Å²) in [5, 5.41) is 3.63. The summed E-state index contributed by atoms with van der Waals surface area (Å²) in [5.74, 6) is -0.252. The average molecular weight is 487 g/mol. The van der Waals surface area contributed by atoms with Gasteiger partial charge in [-0.1, -0.05) is 30.3 Å². The van der Waals surface area contributed by atoms with Crippen molar-refractivity contribution in [2.45, 2.75) is 38.9 Å². The number of thiazole rings is 1. The summed E-state index contributed by atoms with van der Waals surface area (Å²) in [4.78, 5) is 34.2. The molecule has 0 aliphatic carbocycles. The molecular weight excluding hydrogens is 465 g/mol. The summed E-state index contributed by atoms with van der Waals surface area (Å²) in [6, 6.07) is 10.6. The molecule has 1 N–H and O–H groups in total. The summed E-state index contributed by atoms with van der Waals surface area (Å²) in [6.07, 6.45) is -0.446. The maximum absolute atomic E-state index is 12.9. The number of fused-ring (bicyclic) bond motifs is 1. The fourth-order valence-corrected chi connectivity index (χ4v) is 4.46. The van der Waals surface area contributed by atoms with Crippen LogP contribution < -0.4 is 10.9 Å². The van der Waals surface area contributed by atoms with E-state index in [2.05, 4.69) is 15.3 Å². The number of amides is 1. The molecule has 1 amide bonds. The van der Waals surface area contributed by atoms with Gasteiger partial charge in [0, 0.05) is 30.5 Å². The number of halogens is 3. The molecule has 2 aromatic heterocycles. The number of benzene rings is 2. The first kappa shape index (κ1) is 23.6. The van der Waals surface area contributed by atoms with Crippen LogP contribution >= 0.6 is 11.3 Å². The number of hydrogen-bond donors (Lipinski definition) is 1. The number of nitrogens with one attached hydrogen (secondary N) is 1. The van der Waals surface area contributed by atoms with Crippen molar-refractivity contribution in [3.05, 3.63) is 86.9 Å². The Balaban J connectivity index is 1.31. The largest absolute Gasteiger partial charge is 0.416 e. The number of rotatable bonds is 7. The number of alkyl halides is 3. The molecule has 0 radical (unpaired) electrons. The maximum Gasteiger partial charge on any atom is 0.416 e. The van der Waals surface area contributed by atoms with E-state index >= 15 is 0 Å². The van der Waals surface area contributed by atoms with Gasteiger partial charge in [-0.3, -0.25) is 14.2 Å². The second-order valence-electron chi connectivity index (χ2n) is 7.87. The highest BCUT2D eigenvalue weighted by Gasteiger charge is 2.30. The molecule has 4 rings (SSSR count). The van der Waals surface area contributed by atoms with Gasteiger partial charge in [0.1, 0.15) is 0 Å². The number of aryl methyl sites for hydroxylation is 2. The first-order valence-electron chi connectivity index (χ1n) is 10.6. The predicted octanol–water partition coefficient (Wildman–Crippen LogP) is 5.19. The predicted molar refractivity (Wildman–Crippen MR) is 125 cm³/mol. The first-order chi connectivity index (χ1) is 16.2. The minimum absolute atomic E-state index is 0.145. The van der Waals surface area contributed by atoms with Crippen molar-refractivity contribution in [2.75, 3.05) is 5.32 Å². The van der Waals surface area contributed by atoms with Crippen molar-refractivity contribution in [2.24, 2.45) is 0 Å². The quantitative estimate of drug-likeness (QED) is 0.390. The van der Waals surface area contributed by atoms with E-state index in [9.17, 15) is 22.8 Å². The molecule has 6 nitrogen and oxygen atoms in total. The highest BCUT2D eigenvalue weighted by molar-refractivity contribution is 7.15. The highest BCUT2D eigenvalue weighted by Crippen LogP contribution is 2.30. The van der Waals surface area contributed by atoms with Gasteiger partial charge < -0.3 is 5.32 Å². The molecule has 0 spiro atoms. The average Bonchev–Trinajstić information content (AvgIpc) is 3.22. The summed E-state index contributed by atoms with van der Waals surface area (Å²) in [5.41, 5.74) is 1.27. The van der Waals surface area contributed by atoms with Crippen molar-refractivity contribution in [1.29, 1.82) is 0 Å². The van der Waals surface area contributed by atoms with Crippen LogP contribution in [0.1, 0.15) is 34.4 Å². The molecule has 0 saturated heterocycles. The Morgan fingerprint density at radius 2 is 1.94 bits per heavy atom. The lowest BCUT2D eigenvalue weighted by molar-refractivity contribution is -0.137. The van der Waals surface area contributed by atoms with Gasteiger partial charge in [0.2, 0.25) is 5.91 Å². The van der Waals surface area contributed by atoms with Gasteiger partial charge in [0.05, 0.1) is 22.8 Å². The van der Waals surface area contributed by atoms with Crippen LogP contribution in [0.4, 0.5) is 18.3 Å². The lowest BCUT2D eigenvalue weighted by atomic mass is 10.1. The standard InChI is InChI=1S/C24H21F3N4O2S/c1-15-5-2-8-19-21(15)29-14-31(22(19)33)10-4-9-20(32)30-23-28-13-18(34-23)12-16-6-3-7-17(11-16)24(25,26)27/h2-3,5-8,11,13-14H,4,9-10,12H2,1H3,(H,28,30,32). The number of nitrogens with zero attached hydrogens (tertiary/aromatic N) is 3. The van der Waals surface area contributed by atoms with Crippen LogP contribution in [0.3, 0.4) is 0 Å². The van der Waals surface area contributed by atoms with Crippen LogP contribution in [-0.4, -0.2) is 20.4 Å². The van der Waals surface area contributed by atoms with Gasteiger partial charge in [-0.15, -0.1) is 11.3 Å². The molecule has 2 heterocycles. The second-order valence-corrected chi connectivity index (χ2v) is 8.99. The second kappa shape index (κ2) is 9.76. The van der Waals surface area contributed by atoms with Crippen LogP contribution in [0.15, 0.2) is 59.8 Å². The van der Waals surface area contributed by atoms with E-state index in [-0.39, 0.29) is 24.3 Å². The Morgan fingerprint density at radius 3 is 2.74 bits per heavy atom. The van der Waals surface area contributed by atoms with Crippen LogP contribution in [0.2, 0.25) is 0 Å². The molecule has 2 aromatic carbocycles. The van der Waals surface area contributed by atoms with Crippen LogP contribution in [0.25, 0.3) is 10.9 Å². The maximum atomic E-state index is 12.9. The van der Waals surface area contributed by atoms with E-state index in [1.165, 1.54) is 28.3 Å². The van der Waals surface area contributed by atoms with Crippen molar-refractivity contribution < 1.29 is 18.0 Å². The van der Waals surface area contributed by atoms with Crippen LogP contribution in [0, 0.1) is 6.92 Å². The van der Waals surface area contributed by atoms with Gasteiger partial charge in [0.15, 0.2) is 5.13 Å². The molecule has 0 unspecified atom stereocenters. The Morgan fingerprint density at radius 1 is 1.15 bits per heavy atom. The Hall–Kier alpha value is -3.53. The Labute approximate surface area is 197 Å². The number of carbonyl (C=O) groups excluding carboxylic acids is 1. The Bertz CT molecular complexity index is 1390. The summed E-state index contributed by atoms with van der Waals surface area (Å²) in [7, 11) is 0. The van der Waals surface area contributed by atoms with Crippen molar-refractivity contribution in [1.82, 2.24) is 14.5 Å². The molecule has 0 atom stereocenters. The first-order valence-corrected chi connectivity index (χ1v) is 11.4. The zero-order chi connectivity index (χ0) is 24.3. The third-order valence-corrected chi connectivity index (χ3v) is 6.20. The van der Waals surface area contributed by atoms with E-state index in [1.54, 1.807) is 18.3 Å². The van der Waals surface area contributed by atoms with E-state index in [1.807, 2.05) is 19.1 Å². The minimum atomic E-state index is -4.39. The molecule has 0 bridgehead atoms. The van der Waals surface area contributed by atoms with Crippen molar-refractivity contribution >= 4 is 33.3 Å². The van der Waals surface area contributed by atoms with Gasteiger partial charge in [-0.25, -0.2) is 9.97 Å². The van der Waals surface area contributed by atoms with Crippen LogP contribution in [-0.2, 0) is 23.9 Å². The number of hydrogen-bond acceptors (Lipinski definition) is 5. The fourth-order valence-electron chi connectivity index (χ4n) is 3.59.